The summed E-state index contributed by atoms with van der Waals surface area (Å²) in [5.74, 6) is -0.188. The lowest BCUT2D eigenvalue weighted by Crippen LogP contribution is -2.05. The first-order valence-corrected chi connectivity index (χ1v) is 9.82. The lowest BCUT2D eigenvalue weighted by Gasteiger charge is -2.11. The van der Waals surface area contributed by atoms with Gasteiger partial charge in [-0.05, 0) is 40.6 Å². The van der Waals surface area contributed by atoms with E-state index in [9.17, 15) is 23.0 Å². The van der Waals surface area contributed by atoms with Gasteiger partial charge in [0.1, 0.15) is 16.5 Å². The van der Waals surface area contributed by atoms with Crippen LogP contribution in [0.1, 0.15) is 12.7 Å². The summed E-state index contributed by atoms with van der Waals surface area (Å²) in [4.78, 5) is 10.7. The molecule has 4 N–H and O–H groups in total. The summed E-state index contributed by atoms with van der Waals surface area (Å²) in [6.07, 6.45) is 1.21. The summed E-state index contributed by atoms with van der Waals surface area (Å²) in [6.45, 7) is 1.39. The molecule has 0 aliphatic carbocycles. The van der Waals surface area contributed by atoms with E-state index < -0.39 is 10.1 Å². The Morgan fingerprint density at radius 1 is 1.20 bits per heavy atom. The van der Waals surface area contributed by atoms with E-state index in [1.54, 1.807) is 30.3 Å². The molecule has 0 atom stereocenters. The number of allylic oxidation sites excluding steroid dienone is 1. The molecule has 0 fully saturated rings. The van der Waals surface area contributed by atoms with Crippen molar-refractivity contribution in [3.8, 4) is 17.2 Å². The van der Waals surface area contributed by atoms with Crippen LogP contribution in [-0.2, 0) is 14.9 Å². The number of rotatable bonds is 6. The molecular weight excluding hydrogens is 410 g/mol. The van der Waals surface area contributed by atoms with Crippen LogP contribution in [0.4, 0.5) is 11.4 Å². The predicted molar refractivity (Wildman–Crippen MR) is 107 cm³/mol. The molecule has 1 aromatic heterocycles. The van der Waals surface area contributed by atoms with E-state index in [0.717, 1.165) is 0 Å². The normalized spacial score (nSPS) is 11.6. The molecule has 11 nitrogen and oxygen atoms in total. The highest BCUT2D eigenvalue weighted by molar-refractivity contribution is 7.86. The second-order valence-electron chi connectivity index (χ2n) is 5.99. The molecule has 1 heterocycles. The summed E-state index contributed by atoms with van der Waals surface area (Å²) in [6, 6.07) is 13.0. The monoisotopic (exact) mass is 425 g/mol. The maximum Gasteiger partial charge on any atom is 0.296 e. The molecule has 30 heavy (non-hydrogen) atoms. The molecule has 0 saturated heterocycles. The number of H-pyrrole nitrogens is 1. The van der Waals surface area contributed by atoms with Crippen LogP contribution >= 0.6 is 0 Å². The highest BCUT2D eigenvalue weighted by Gasteiger charge is 2.17. The maximum atomic E-state index is 11.9. The molecule has 0 aliphatic rings. The van der Waals surface area contributed by atoms with Crippen LogP contribution in [0.5, 0.6) is 0 Å². The molecular formula is C18H15N7O4S. The standard InChI is InChI=1S/C18H15N7O4S/c1-11(26)21-15-5-2-12(3-6-15)13-4-7-16(17(8-13)30(27,28)29)20-10-14(9-19)18-22-24-25-23-18/h2-8,10,20H,1H3,(H,21,26)(H,27,28,29)(H,22,23,24,25). The molecule has 3 rings (SSSR count). The first kappa shape index (κ1) is 20.6. The summed E-state index contributed by atoms with van der Waals surface area (Å²) in [5, 5.41) is 27.4. The highest BCUT2D eigenvalue weighted by Crippen LogP contribution is 2.29. The minimum absolute atomic E-state index is 0.00248. The van der Waals surface area contributed by atoms with E-state index in [-0.39, 0.29) is 27.9 Å². The topological polar surface area (TPSA) is 174 Å². The molecule has 3 aromatic rings. The Hall–Kier alpha value is -4.08. The largest absolute Gasteiger partial charge is 0.359 e. The van der Waals surface area contributed by atoms with Crippen LogP contribution < -0.4 is 10.6 Å². The maximum absolute atomic E-state index is 11.9. The molecule has 0 bridgehead atoms. The van der Waals surface area contributed by atoms with Crippen molar-refractivity contribution < 1.29 is 17.8 Å². The number of nitrogens with one attached hydrogen (secondary N) is 3. The van der Waals surface area contributed by atoms with Gasteiger partial charge in [0.15, 0.2) is 0 Å². The number of carbonyl (C=O) groups is 1. The van der Waals surface area contributed by atoms with Gasteiger partial charge in [-0.15, -0.1) is 10.2 Å². The molecule has 2 aromatic carbocycles. The Balaban J connectivity index is 1.95. The van der Waals surface area contributed by atoms with Crippen LogP contribution in [-0.4, -0.2) is 39.5 Å². The van der Waals surface area contributed by atoms with Crippen molar-refractivity contribution in [1.82, 2.24) is 20.6 Å². The molecule has 1 amide bonds. The summed E-state index contributed by atoms with van der Waals surface area (Å²) >= 11 is 0. The van der Waals surface area contributed by atoms with E-state index in [1.807, 2.05) is 6.07 Å². The van der Waals surface area contributed by atoms with E-state index >= 15 is 0 Å². The zero-order valence-electron chi connectivity index (χ0n) is 15.5. The molecule has 0 radical (unpaired) electrons. The minimum Gasteiger partial charge on any atom is -0.359 e. The number of anilines is 2. The average molecular weight is 425 g/mol. The Kier molecular flexibility index (Phi) is 5.86. The third-order valence-corrected chi connectivity index (χ3v) is 4.77. The van der Waals surface area contributed by atoms with E-state index in [2.05, 4.69) is 31.3 Å². The van der Waals surface area contributed by atoms with Gasteiger partial charge in [-0.25, -0.2) is 0 Å². The Bertz CT molecular complexity index is 1240. The molecule has 12 heteroatoms. The summed E-state index contributed by atoms with van der Waals surface area (Å²) in [7, 11) is -4.58. The van der Waals surface area contributed by atoms with E-state index in [4.69, 9.17) is 0 Å². The van der Waals surface area contributed by atoms with Crippen LogP contribution in [0.3, 0.4) is 0 Å². The number of nitrogens with zero attached hydrogens (tertiary/aromatic N) is 4. The van der Waals surface area contributed by atoms with Gasteiger partial charge in [-0.2, -0.15) is 18.9 Å². The lowest BCUT2D eigenvalue weighted by molar-refractivity contribution is -0.114. The van der Waals surface area contributed by atoms with Crippen LogP contribution in [0.2, 0.25) is 0 Å². The van der Waals surface area contributed by atoms with Gasteiger partial charge in [0.2, 0.25) is 11.7 Å². The van der Waals surface area contributed by atoms with Crippen LogP contribution in [0.25, 0.3) is 16.7 Å². The molecule has 0 saturated carbocycles. The zero-order valence-corrected chi connectivity index (χ0v) is 16.3. The van der Waals surface area contributed by atoms with Crippen molar-refractivity contribution >= 4 is 33.0 Å². The molecule has 0 aliphatic heterocycles. The van der Waals surface area contributed by atoms with Gasteiger partial charge >= 0.3 is 0 Å². The van der Waals surface area contributed by atoms with Crippen molar-refractivity contribution in [3.63, 3.8) is 0 Å². The fourth-order valence-electron chi connectivity index (χ4n) is 2.56. The fourth-order valence-corrected chi connectivity index (χ4v) is 3.24. The quantitative estimate of drug-likeness (QED) is 0.340. The predicted octanol–water partition coefficient (Wildman–Crippen LogP) is 2.05. The second kappa shape index (κ2) is 8.52. The van der Waals surface area contributed by atoms with Gasteiger partial charge in [0, 0.05) is 18.8 Å². The molecule has 0 unspecified atom stereocenters. The minimum atomic E-state index is -4.58. The van der Waals surface area contributed by atoms with Gasteiger partial charge in [0.25, 0.3) is 10.1 Å². The zero-order chi connectivity index (χ0) is 21.7. The number of hydrogen-bond donors (Lipinski definition) is 4. The number of benzene rings is 2. The Morgan fingerprint density at radius 2 is 1.90 bits per heavy atom. The first-order valence-electron chi connectivity index (χ1n) is 8.38. The van der Waals surface area contributed by atoms with Gasteiger partial charge in [-0.1, -0.05) is 18.2 Å². The number of carbonyl (C=O) groups excluding carboxylic acids is 1. The third kappa shape index (κ3) is 4.85. The number of aromatic amines is 1. The Morgan fingerprint density at radius 3 is 2.47 bits per heavy atom. The number of nitriles is 1. The number of amides is 1. The van der Waals surface area contributed by atoms with Crippen molar-refractivity contribution in [2.75, 3.05) is 10.6 Å². The van der Waals surface area contributed by atoms with Gasteiger partial charge < -0.3 is 10.6 Å². The van der Waals surface area contributed by atoms with Crippen LogP contribution in [0.15, 0.2) is 53.6 Å². The lowest BCUT2D eigenvalue weighted by atomic mass is 10.0. The molecule has 152 valence electrons. The number of hydrogen-bond acceptors (Lipinski definition) is 8. The summed E-state index contributed by atoms with van der Waals surface area (Å²) in [5.41, 5.74) is 1.83. The second-order valence-corrected chi connectivity index (χ2v) is 7.38. The smallest absolute Gasteiger partial charge is 0.296 e. The van der Waals surface area contributed by atoms with Crippen molar-refractivity contribution in [2.24, 2.45) is 0 Å². The summed E-state index contributed by atoms with van der Waals surface area (Å²) < 4.78 is 33.4. The van der Waals surface area contributed by atoms with E-state index in [1.165, 1.54) is 25.3 Å². The van der Waals surface area contributed by atoms with Crippen molar-refractivity contribution in [1.29, 1.82) is 5.26 Å². The third-order valence-electron chi connectivity index (χ3n) is 3.88. The Labute approximate surface area is 171 Å². The van der Waals surface area contributed by atoms with E-state index in [0.29, 0.717) is 16.8 Å². The highest BCUT2D eigenvalue weighted by atomic mass is 32.2. The average Bonchev–Trinajstić information content (AvgIpc) is 3.23. The first-order chi connectivity index (χ1) is 14.3. The fraction of sp³-hybridized carbons (Fsp3) is 0.0556. The van der Waals surface area contributed by atoms with Gasteiger partial charge in [0.05, 0.1) is 5.69 Å². The van der Waals surface area contributed by atoms with Crippen molar-refractivity contribution in [2.45, 2.75) is 11.8 Å². The van der Waals surface area contributed by atoms with Crippen molar-refractivity contribution in [3.05, 3.63) is 54.5 Å². The molecule has 0 spiro atoms. The number of tetrazole rings is 1. The van der Waals surface area contributed by atoms with Crippen LogP contribution in [0, 0.1) is 11.3 Å². The number of aromatic nitrogens is 4. The SMILES string of the molecule is CC(=O)Nc1ccc(-c2ccc(NC=C(C#N)c3nn[nH]n3)c(S(=O)(=O)O)c2)cc1. The van der Waals surface area contributed by atoms with Gasteiger partial charge in [-0.3, -0.25) is 9.35 Å².